The van der Waals surface area contributed by atoms with Crippen LogP contribution in [0.25, 0.3) is 0 Å². The molecule has 14 nitrogen and oxygen atoms in total. The van der Waals surface area contributed by atoms with E-state index < -0.39 is 48.4 Å². The molecule has 0 aromatic carbocycles. The SMILES string of the molecule is CC(C)CC(N)C(=O)NC(Cc1cnc[nH]1)C(=O)NCC(=O)NC(CCCN=C(N)N)C(=O)O. The maximum absolute atomic E-state index is 12.7. The number of hydrogen-bond acceptors (Lipinski definition) is 7. The highest BCUT2D eigenvalue weighted by atomic mass is 16.4. The molecule has 1 rings (SSSR count). The Morgan fingerprint density at radius 1 is 1.15 bits per heavy atom. The number of H-pyrrole nitrogens is 1. The molecule has 0 aliphatic rings. The van der Waals surface area contributed by atoms with Crippen molar-refractivity contribution >= 4 is 29.7 Å². The minimum Gasteiger partial charge on any atom is -0.480 e. The normalized spacial score (nSPS) is 13.4. The summed E-state index contributed by atoms with van der Waals surface area (Å²) in [4.78, 5) is 59.2. The molecule has 3 atom stereocenters. The van der Waals surface area contributed by atoms with Crippen molar-refractivity contribution in [2.45, 2.75) is 57.7 Å². The number of carbonyl (C=O) groups is 4. The van der Waals surface area contributed by atoms with Crippen LogP contribution in [-0.2, 0) is 25.6 Å². The number of hydrogen-bond donors (Lipinski definition) is 8. The summed E-state index contributed by atoms with van der Waals surface area (Å²) in [6.07, 6.45) is 3.90. The van der Waals surface area contributed by atoms with Crippen LogP contribution < -0.4 is 33.2 Å². The molecule has 0 fully saturated rings. The van der Waals surface area contributed by atoms with Gasteiger partial charge in [0.05, 0.1) is 18.9 Å². The van der Waals surface area contributed by atoms with Crippen molar-refractivity contribution in [3.05, 3.63) is 18.2 Å². The Hall–Kier alpha value is -3.68. The van der Waals surface area contributed by atoms with Crippen LogP contribution in [0.15, 0.2) is 17.5 Å². The van der Waals surface area contributed by atoms with Crippen LogP contribution in [0, 0.1) is 5.92 Å². The minimum atomic E-state index is -1.23. The molecule has 0 aliphatic heterocycles. The van der Waals surface area contributed by atoms with Gasteiger partial charge < -0.3 is 43.2 Å². The summed E-state index contributed by atoms with van der Waals surface area (Å²) >= 11 is 0. The molecule has 0 aliphatic carbocycles. The van der Waals surface area contributed by atoms with Crippen molar-refractivity contribution in [2.75, 3.05) is 13.1 Å². The first-order valence-electron chi connectivity index (χ1n) is 10.9. The molecular formula is C20H35N9O5. The number of amides is 3. The largest absolute Gasteiger partial charge is 0.480 e. The molecule has 0 bridgehead atoms. The number of rotatable bonds is 15. The van der Waals surface area contributed by atoms with Crippen LogP contribution in [-0.4, -0.2) is 75.9 Å². The van der Waals surface area contributed by atoms with Crippen LogP contribution in [0.5, 0.6) is 0 Å². The van der Waals surface area contributed by atoms with Gasteiger partial charge in [-0.2, -0.15) is 0 Å². The molecule has 3 unspecified atom stereocenters. The van der Waals surface area contributed by atoms with Gasteiger partial charge in [0, 0.05) is 24.9 Å². The Kier molecular flexibility index (Phi) is 12.1. The summed E-state index contributed by atoms with van der Waals surface area (Å²) in [7, 11) is 0. The average molecular weight is 482 g/mol. The highest BCUT2D eigenvalue weighted by molar-refractivity contribution is 5.92. The summed E-state index contributed by atoms with van der Waals surface area (Å²) in [6, 6.07) is -2.99. The molecule has 0 radical (unpaired) electrons. The second-order valence-corrected chi connectivity index (χ2v) is 8.20. The number of guanidine groups is 1. The molecule has 0 spiro atoms. The van der Waals surface area contributed by atoms with Crippen LogP contribution in [0.2, 0.25) is 0 Å². The van der Waals surface area contributed by atoms with Gasteiger partial charge in [-0.15, -0.1) is 0 Å². The third kappa shape index (κ3) is 11.3. The zero-order valence-corrected chi connectivity index (χ0v) is 19.4. The Bertz CT molecular complexity index is 837. The van der Waals surface area contributed by atoms with Crippen LogP contribution in [0.4, 0.5) is 0 Å². The number of imidazole rings is 1. The highest BCUT2D eigenvalue weighted by Gasteiger charge is 2.26. The van der Waals surface area contributed by atoms with Crippen molar-refractivity contribution in [3.8, 4) is 0 Å². The lowest BCUT2D eigenvalue weighted by Crippen LogP contribution is -2.54. The summed E-state index contributed by atoms with van der Waals surface area (Å²) in [5.74, 6) is -2.98. The van der Waals surface area contributed by atoms with Crippen molar-refractivity contribution < 1.29 is 24.3 Å². The lowest BCUT2D eigenvalue weighted by molar-refractivity contribution is -0.142. The lowest BCUT2D eigenvalue weighted by Gasteiger charge is -2.21. The Labute approximate surface area is 197 Å². The third-order valence-corrected chi connectivity index (χ3v) is 4.68. The predicted octanol–water partition coefficient (Wildman–Crippen LogP) is -2.45. The number of nitrogens with two attached hydrogens (primary N) is 3. The second-order valence-electron chi connectivity index (χ2n) is 8.20. The van der Waals surface area contributed by atoms with E-state index >= 15 is 0 Å². The van der Waals surface area contributed by atoms with Crippen LogP contribution >= 0.6 is 0 Å². The van der Waals surface area contributed by atoms with Crippen LogP contribution in [0.3, 0.4) is 0 Å². The van der Waals surface area contributed by atoms with E-state index in [1.165, 1.54) is 12.5 Å². The fourth-order valence-electron chi connectivity index (χ4n) is 3.02. The van der Waals surface area contributed by atoms with E-state index in [0.29, 0.717) is 18.5 Å². The molecule has 34 heavy (non-hydrogen) atoms. The van der Waals surface area contributed by atoms with Gasteiger partial charge >= 0.3 is 5.97 Å². The number of nitrogens with zero attached hydrogens (tertiary/aromatic N) is 2. The summed E-state index contributed by atoms with van der Waals surface area (Å²) in [6.45, 7) is 3.58. The first kappa shape index (κ1) is 28.4. The van der Waals surface area contributed by atoms with Gasteiger partial charge in [0.25, 0.3) is 0 Å². The topological polar surface area (TPSA) is 244 Å². The molecule has 1 heterocycles. The maximum atomic E-state index is 12.7. The molecule has 14 heteroatoms. The average Bonchev–Trinajstić information content (AvgIpc) is 3.25. The first-order valence-corrected chi connectivity index (χ1v) is 10.9. The zero-order valence-electron chi connectivity index (χ0n) is 19.4. The van der Waals surface area contributed by atoms with Crippen molar-refractivity contribution in [2.24, 2.45) is 28.1 Å². The van der Waals surface area contributed by atoms with E-state index in [1.807, 2.05) is 13.8 Å². The lowest BCUT2D eigenvalue weighted by atomic mass is 10.0. The second kappa shape index (κ2) is 14.5. The summed E-state index contributed by atoms with van der Waals surface area (Å²) < 4.78 is 0. The quantitative estimate of drug-likeness (QED) is 0.0751. The number of carboxylic acid groups (broad SMARTS) is 1. The Morgan fingerprint density at radius 2 is 1.85 bits per heavy atom. The number of carboxylic acids is 1. The van der Waals surface area contributed by atoms with E-state index in [4.69, 9.17) is 17.2 Å². The number of aromatic amines is 1. The van der Waals surface area contributed by atoms with E-state index in [2.05, 4.69) is 30.9 Å². The predicted molar refractivity (Wildman–Crippen MR) is 124 cm³/mol. The standard InChI is InChI=1S/C20H35N9O5/c1-11(2)6-13(21)17(31)29-15(7-12-8-24-10-27-12)18(32)26-9-16(30)28-14(19(33)34)4-3-5-25-20(22)23/h8,10-11,13-15H,3-7,9,21H2,1-2H3,(H,24,27)(H,26,32)(H,28,30)(H,29,31)(H,33,34)(H4,22,23,25). The van der Waals surface area contributed by atoms with E-state index in [1.54, 1.807) is 0 Å². The molecule has 1 aromatic heterocycles. The van der Waals surface area contributed by atoms with Gasteiger partial charge in [-0.1, -0.05) is 13.8 Å². The van der Waals surface area contributed by atoms with Gasteiger partial charge in [0.1, 0.15) is 12.1 Å². The fourth-order valence-corrected chi connectivity index (χ4v) is 3.02. The number of carbonyl (C=O) groups excluding carboxylic acids is 3. The highest BCUT2D eigenvalue weighted by Crippen LogP contribution is 2.05. The van der Waals surface area contributed by atoms with Crippen molar-refractivity contribution in [3.63, 3.8) is 0 Å². The number of nitrogens with one attached hydrogen (secondary N) is 4. The molecule has 0 saturated heterocycles. The van der Waals surface area contributed by atoms with Crippen molar-refractivity contribution in [1.29, 1.82) is 0 Å². The van der Waals surface area contributed by atoms with Gasteiger partial charge in [0.15, 0.2) is 5.96 Å². The number of aromatic nitrogens is 2. The molecule has 11 N–H and O–H groups in total. The molecular weight excluding hydrogens is 446 g/mol. The van der Waals surface area contributed by atoms with Gasteiger partial charge in [0.2, 0.25) is 17.7 Å². The zero-order chi connectivity index (χ0) is 25.7. The number of aliphatic carboxylic acids is 1. The van der Waals surface area contributed by atoms with Crippen molar-refractivity contribution in [1.82, 2.24) is 25.9 Å². The molecule has 190 valence electrons. The first-order chi connectivity index (χ1) is 16.0. The molecule has 3 amide bonds. The van der Waals surface area contributed by atoms with E-state index in [0.717, 1.165) is 0 Å². The van der Waals surface area contributed by atoms with Gasteiger partial charge in [-0.25, -0.2) is 9.78 Å². The minimum absolute atomic E-state index is 0.0934. The fraction of sp³-hybridized carbons (Fsp3) is 0.600. The number of aliphatic imine (C=N–C) groups is 1. The Balaban J connectivity index is 2.68. The molecule has 1 aromatic rings. The van der Waals surface area contributed by atoms with Gasteiger partial charge in [-0.05, 0) is 25.2 Å². The summed E-state index contributed by atoms with van der Waals surface area (Å²) in [5, 5.41) is 16.7. The van der Waals surface area contributed by atoms with Crippen LogP contribution in [0.1, 0.15) is 38.8 Å². The van der Waals surface area contributed by atoms with E-state index in [-0.39, 0.29) is 31.3 Å². The summed E-state index contributed by atoms with van der Waals surface area (Å²) in [5.41, 5.74) is 16.9. The van der Waals surface area contributed by atoms with Gasteiger partial charge in [-0.3, -0.25) is 19.4 Å². The smallest absolute Gasteiger partial charge is 0.326 e. The monoisotopic (exact) mass is 481 g/mol. The third-order valence-electron chi connectivity index (χ3n) is 4.68. The molecule has 0 saturated carbocycles. The maximum Gasteiger partial charge on any atom is 0.326 e. The Morgan fingerprint density at radius 3 is 2.41 bits per heavy atom. The van der Waals surface area contributed by atoms with E-state index in [9.17, 15) is 24.3 Å².